The molecule has 1 aromatic carbocycles. The number of ether oxygens (including phenoxy) is 1. The normalized spacial score (nSPS) is 16.6. The molecule has 2 rings (SSSR count). The maximum atomic E-state index is 14.3. The second kappa shape index (κ2) is 7.26. The molecule has 1 saturated carbocycles. The molecule has 0 radical (unpaired) electrons. The van der Waals surface area contributed by atoms with Gasteiger partial charge in [-0.2, -0.15) is 0 Å². The Labute approximate surface area is 124 Å². The Morgan fingerprint density at radius 2 is 2.19 bits per heavy atom. The fourth-order valence-corrected chi connectivity index (χ4v) is 2.88. The van der Waals surface area contributed by atoms with Crippen LogP contribution in [-0.2, 0) is 6.54 Å². The number of hydrogen-bond donors (Lipinski definition) is 2. The van der Waals surface area contributed by atoms with Crippen LogP contribution in [0.4, 0.5) is 4.39 Å². The number of amidine groups is 1. The molecule has 0 unspecified atom stereocenters. The number of rotatable bonds is 6. The lowest BCUT2D eigenvalue weighted by Crippen LogP contribution is -2.39. The summed E-state index contributed by atoms with van der Waals surface area (Å²) in [6.45, 7) is 0.752. The van der Waals surface area contributed by atoms with Gasteiger partial charge in [0, 0.05) is 18.2 Å². The Balaban J connectivity index is 2.17. The van der Waals surface area contributed by atoms with Gasteiger partial charge in [-0.25, -0.2) is 4.39 Å². The van der Waals surface area contributed by atoms with Crippen molar-refractivity contribution in [2.75, 3.05) is 13.7 Å². The van der Waals surface area contributed by atoms with Crippen molar-refractivity contribution in [3.63, 3.8) is 0 Å². The van der Waals surface area contributed by atoms with Crippen LogP contribution in [-0.4, -0.2) is 35.6 Å². The van der Waals surface area contributed by atoms with E-state index in [1.54, 1.807) is 18.2 Å². The van der Waals surface area contributed by atoms with Crippen molar-refractivity contribution >= 4 is 5.84 Å². The van der Waals surface area contributed by atoms with Crippen LogP contribution in [0.3, 0.4) is 0 Å². The molecule has 21 heavy (non-hydrogen) atoms. The largest absolute Gasteiger partial charge is 0.494 e. The zero-order valence-corrected chi connectivity index (χ0v) is 12.3. The lowest BCUT2D eigenvalue weighted by molar-refractivity contribution is 0.210. The van der Waals surface area contributed by atoms with Crippen molar-refractivity contribution in [1.82, 2.24) is 4.90 Å². The smallest absolute Gasteiger partial charge is 0.169 e. The first-order valence-corrected chi connectivity index (χ1v) is 7.17. The Bertz CT molecular complexity index is 502. The molecule has 1 aromatic rings. The molecular weight excluding hydrogens is 273 g/mol. The molecule has 6 heteroatoms. The SMILES string of the molecule is COc1cccc(CN(C/C(N)=N/O)C2CCCC2)c1F. The number of nitrogens with two attached hydrogens (primary N) is 1. The van der Waals surface area contributed by atoms with Gasteiger partial charge in [0.1, 0.15) is 0 Å². The number of nitrogens with zero attached hydrogens (tertiary/aromatic N) is 2. The topological polar surface area (TPSA) is 71.1 Å². The van der Waals surface area contributed by atoms with Crippen LogP contribution in [0.25, 0.3) is 0 Å². The summed E-state index contributed by atoms with van der Waals surface area (Å²) in [7, 11) is 1.45. The summed E-state index contributed by atoms with van der Waals surface area (Å²) in [4.78, 5) is 2.07. The van der Waals surface area contributed by atoms with E-state index in [0.717, 1.165) is 25.7 Å². The van der Waals surface area contributed by atoms with E-state index in [4.69, 9.17) is 15.7 Å². The summed E-state index contributed by atoms with van der Waals surface area (Å²) in [5.41, 5.74) is 6.19. The minimum absolute atomic E-state index is 0.144. The predicted molar refractivity (Wildman–Crippen MR) is 79.0 cm³/mol. The average Bonchev–Trinajstić information content (AvgIpc) is 3.02. The monoisotopic (exact) mass is 295 g/mol. The van der Waals surface area contributed by atoms with Gasteiger partial charge >= 0.3 is 0 Å². The van der Waals surface area contributed by atoms with E-state index >= 15 is 0 Å². The van der Waals surface area contributed by atoms with Gasteiger partial charge in [0.15, 0.2) is 17.4 Å². The summed E-state index contributed by atoms with van der Waals surface area (Å²) in [6, 6.07) is 5.46. The van der Waals surface area contributed by atoms with Gasteiger partial charge in [-0.1, -0.05) is 30.1 Å². The Morgan fingerprint density at radius 1 is 1.48 bits per heavy atom. The lowest BCUT2D eigenvalue weighted by Gasteiger charge is -2.28. The van der Waals surface area contributed by atoms with Crippen LogP contribution < -0.4 is 10.5 Å². The number of benzene rings is 1. The van der Waals surface area contributed by atoms with Crippen molar-refractivity contribution in [2.45, 2.75) is 38.3 Å². The third-order valence-electron chi connectivity index (χ3n) is 3.97. The second-order valence-electron chi connectivity index (χ2n) is 5.37. The van der Waals surface area contributed by atoms with E-state index in [2.05, 4.69) is 10.1 Å². The molecule has 0 aromatic heterocycles. The fraction of sp³-hybridized carbons (Fsp3) is 0.533. The highest BCUT2D eigenvalue weighted by Crippen LogP contribution is 2.27. The quantitative estimate of drug-likeness (QED) is 0.366. The molecular formula is C15H22FN3O2. The number of halogens is 1. The molecule has 0 spiro atoms. The van der Waals surface area contributed by atoms with E-state index in [1.165, 1.54) is 7.11 Å². The van der Waals surface area contributed by atoms with Gasteiger partial charge in [-0.15, -0.1) is 0 Å². The van der Waals surface area contributed by atoms with E-state index in [-0.39, 0.29) is 17.4 Å². The Kier molecular flexibility index (Phi) is 5.38. The summed E-state index contributed by atoms with van der Waals surface area (Å²) in [5.74, 6) is 0.0374. The van der Waals surface area contributed by atoms with Gasteiger partial charge in [-0.05, 0) is 18.9 Å². The standard InChI is InChI=1S/C15H22FN3O2/c1-21-13-8-4-5-11(15(13)16)9-19(10-14(17)18-20)12-6-2-3-7-12/h4-5,8,12,20H,2-3,6-7,9-10H2,1H3,(H2,17,18). The first-order valence-electron chi connectivity index (χ1n) is 7.17. The molecule has 1 fully saturated rings. The number of hydrogen-bond acceptors (Lipinski definition) is 4. The molecule has 0 atom stereocenters. The lowest BCUT2D eigenvalue weighted by atomic mass is 10.1. The first-order chi connectivity index (χ1) is 10.2. The maximum Gasteiger partial charge on any atom is 0.169 e. The summed E-state index contributed by atoms with van der Waals surface area (Å²) >= 11 is 0. The van der Waals surface area contributed by atoms with E-state index in [0.29, 0.717) is 24.7 Å². The van der Waals surface area contributed by atoms with Crippen LogP contribution in [0.2, 0.25) is 0 Å². The Morgan fingerprint density at radius 3 is 2.81 bits per heavy atom. The van der Waals surface area contributed by atoms with Crippen molar-refractivity contribution in [3.05, 3.63) is 29.6 Å². The summed E-state index contributed by atoms with van der Waals surface area (Å²) < 4.78 is 19.3. The zero-order valence-electron chi connectivity index (χ0n) is 12.3. The van der Waals surface area contributed by atoms with E-state index in [1.807, 2.05) is 0 Å². The number of oxime groups is 1. The highest BCUT2D eigenvalue weighted by Gasteiger charge is 2.24. The van der Waals surface area contributed by atoms with Crippen LogP contribution >= 0.6 is 0 Å². The highest BCUT2D eigenvalue weighted by molar-refractivity contribution is 5.81. The second-order valence-corrected chi connectivity index (χ2v) is 5.37. The molecule has 0 saturated heterocycles. The molecule has 1 aliphatic carbocycles. The van der Waals surface area contributed by atoms with Crippen molar-refractivity contribution in [3.8, 4) is 5.75 Å². The predicted octanol–water partition coefficient (Wildman–Crippen LogP) is 2.33. The summed E-state index contributed by atoms with van der Waals surface area (Å²) in [6.07, 6.45) is 4.45. The van der Waals surface area contributed by atoms with Gasteiger partial charge in [0.25, 0.3) is 0 Å². The molecule has 5 nitrogen and oxygen atoms in total. The van der Waals surface area contributed by atoms with Crippen molar-refractivity contribution < 1.29 is 14.3 Å². The van der Waals surface area contributed by atoms with Crippen molar-refractivity contribution in [2.24, 2.45) is 10.9 Å². The third-order valence-corrected chi connectivity index (χ3v) is 3.97. The Hall–Kier alpha value is -1.82. The van der Waals surface area contributed by atoms with Crippen LogP contribution in [0.5, 0.6) is 5.75 Å². The third kappa shape index (κ3) is 3.85. The zero-order chi connectivity index (χ0) is 15.2. The summed E-state index contributed by atoms with van der Waals surface area (Å²) in [5, 5.41) is 11.8. The number of methoxy groups -OCH3 is 1. The molecule has 0 aliphatic heterocycles. The maximum absolute atomic E-state index is 14.3. The molecule has 1 aliphatic rings. The van der Waals surface area contributed by atoms with Crippen LogP contribution in [0.1, 0.15) is 31.2 Å². The van der Waals surface area contributed by atoms with E-state index in [9.17, 15) is 4.39 Å². The molecule has 3 N–H and O–H groups in total. The van der Waals surface area contributed by atoms with Gasteiger partial charge in [0.2, 0.25) is 0 Å². The molecule has 116 valence electrons. The average molecular weight is 295 g/mol. The van der Waals surface area contributed by atoms with Gasteiger partial charge < -0.3 is 15.7 Å². The first kappa shape index (κ1) is 15.6. The minimum atomic E-state index is -0.345. The molecule has 0 bridgehead atoms. The fourth-order valence-electron chi connectivity index (χ4n) is 2.88. The van der Waals surface area contributed by atoms with Crippen LogP contribution in [0, 0.1) is 5.82 Å². The van der Waals surface area contributed by atoms with Gasteiger partial charge in [-0.3, -0.25) is 4.90 Å². The molecule has 0 amide bonds. The minimum Gasteiger partial charge on any atom is -0.494 e. The highest BCUT2D eigenvalue weighted by atomic mass is 19.1. The van der Waals surface area contributed by atoms with E-state index < -0.39 is 0 Å². The van der Waals surface area contributed by atoms with Crippen molar-refractivity contribution in [1.29, 1.82) is 0 Å². The van der Waals surface area contributed by atoms with Crippen LogP contribution in [0.15, 0.2) is 23.4 Å². The van der Waals surface area contributed by atoms with Gasteiger partial charge in [0.05, 0.1) is 13.7 Å². The molecule has 0 heterocycles.